The standard InChI is InChI=1S/C12H13N5O3/c18-9(19)5-12(3-4-12)6-13-11(20)8-2-1-7-10(14-8)16-17-15-7/h1-2H,3-6H2,(H,13,20)(H,18,19)(H,14,15,16,17). The molecule has 8 nitrogen and oxygen atoms in total. The number of carboxylic acid groups (broad SMARTS) is 1. The fourth-order valence-electron chi connectivity index (χ4n) is 2.14. The van der Waals surface area contributed by atoms with Crippen LogP contribution < -0.4 is 5.32 Å². The molecule has 2 heterocycles. The number of aliphatic carboxylic acids is 1. The van der Waals surface area contributed by atoms with Gasteiger partial charge in [-0.05, 0) is 30.4 Å². The van der Waals surface area contributed by atoms with Crippen LogP contribution >= 0.6 is 0 Å². The third-order valence-corrected chi connectivity index (χ3v) is 3.52. The first-order valence-corrected chi connectivity index (χ1v) is 6.26. The number of aromatic amines is 1. The molecule has 2 aromatic heterocycles. The zero-order chi connectivity index (χ0) is 14.2. The number of nitrogens with one attached hydrogen (secondary N) is 2. The molecule has 3 N–H and O–H groups in total. The molecule has 1 saturated carbocycles. The fraction of sp³-hybridized carbons (Fsp3) is 0.417. The Morgan fingerprint density at radius 1 is 1.35 bits per heavy atom. The molecule has 0 radical (unpaired) electrons. The highest BCUT2D eigenvalue weighted by Gasteiger charge is 2.44. The van der Waals surface area contributed by atoms with E-state index in [0.29, 0.717) is 17.7 Å². The Labute approximate surface area is 113 Å². The van der Waals surface area contributed by atoms with E-state index in [9.17, 15) is 9.59 Å². The van der Waals surface area contributed by atoms with Gasteiger partial charge in [0, 0.05) is 6.54 Å². The molecule has 0 atom stereocenters. The van der Waals surface area contributed by atoms with Crippen molar-refractivity contribution >= 4 is 23.0 Å². The molecule has 8 heteroatoms. The normalized spacial score (nSPS) is 16.0. The molecule has 1 amide bonds. The van der Waals surface area contributed by atoms with Crippen LogP contribution in [0.5, 0.6) is 0 Å². The summed E-state index contributed by atoms with van der Waals surface area (Å²) in [5.74, 6) is -1.16. The van der Waals surface area contributed by atoms with Crippen molar-refractivity contribution in [3.63, 3.8) is 0 Å². The van der Waals surface area contributed by atoms with Crippen molar-refractivity contribution in [2.75, 3.05) is 6.54 Å². The van der Waals surface area contributed by atoms with Crippen molar-refractivity contribution in [3.05, 3.63) is 17.8 Å². The van der Waals surface area contributed by atoms with Crippen LogP contribution in [0.25, 0.3) is 11.2 Å². The summed E-state index contributed by atoms with van der Waals surface area (Å²) < 4.78 is 0. The summed E-state index contributed by atoms with van der Waals surface area (Å²) in [7, 11) is 0. The maximum atomic E-state index is 12.0. The van der Waals surface area contributed by atoms with E-state index in [-0.39, 0.29) is 23.4 Å². The van der Waals surface area contributed by atoms with Gasteiger partial charge in [0.15, 0.2) is 0 Å². The van der Waals surface area contributed by atoms with Gasteiger partial charge in [-0.15, -0.1) is 5.10 Å². The number of amides is 1. The van der Waals surface area contributed by atoms with Gasteiger partial charge in [0.2, 0.25) is 5.65 Å². The predicted molar refractivity (Wildman–Crippen MR) is 67.9 cm³/mol. The SMILES string of the molecule is O=C(O)CC1(CNC(=O)c2ccc3n[nH]nc3n2)CC1. The number of aromatic nitrogens is 4. The van der Waals surface area contributed by atoms with Crippen LogP contribution in [0.15, 0.2) is 12.1 Å². The zero-order valence-corrected chi connectivity index (χ0v) is 10.6. The van der Waals surface area contributed by atoms with Gasteiger partial charge in [-0.1, -0.05) is 0 Å². The molecule has 0 bridgehead atoms. The van der Waals surface area contributed by atoms with Crippen molar-refractivity contribution in [1.82, 2.24) is 25.7 Å². The molecule has 0 spiro atoms. The Morgan fingerprint density at radius 3 is 2.85 bits per heavy atom. The molecular formula is C12H13N5O3. The van der Waals surface area contributed by atoms with Crippen molar-refractivity contribution in [2.24, 2.45) is 5.41 Å². The number of carbonyl (C=O) groups excluding carboxylic acids is 1. The topological polar surface area (TPSA) is 121 Å². The first-order chi connectivity index (χ1) is 9.58. The molecule has 1 aliphatic rings. The first kappa shape index (κ1) is 12.5. The largest absolute Gasteiger partial charge is 0.481 e. The van der Waals surface area contributed by atoms with Gasteiger partial charge in [0.25, 0.3) is 5.91 Å². The number of rotatable bonds is 5. The van der Waals surface area contributed by atoms with Gasteiger partial charge in [0.1, 0.15) is 11.2 Å². The lowest BCUT2D eigenvalue weighted by Gasteiger charge is -2.13. The third-order valence-electron chi connectivity index (χ3n) is 3.52. The van der Waals surface area contributed by atoms with E-state index >= 15 is 0 Å². The van der Waals surface area contributed by atoms with Crippen molar-refractivity contribution in [1.29, 1.82) is 0 Å². The van der Waals surface area contributed by atoms with Gasteiger partial charge < -0.3 is 10.4 Å². The minimum absolute atomic E-state index is 0.0863. The summed E-state index contributed by atoms with van der Waals surface area (Å²) in [5, 5.41) is 21.7. The second-order valence-corrected chi connectivity index (χ2v) is 5.12. The lowest BCUT2D eigenvalue weighted by atomic mass is 10.0. The molecule has 0 saturated heterocycles. The smallest absolute Gasteiger partial charge is 0.303 e. The highest BCUT2D eigenvalue weighted by Crippen LogP contribution is 2.48. The number of hydrogen-bond donors (Lipinski definition) is 3. The summed E-state index contributed by atoms with van der Waals surface area (Å²) in [6.07, 6.45) is 1.74. The fourth-order valence-corrected chi connectivity index (χ4v) is 2.14. The van der Waals surface area contributed by atoms with Crippen LogP contribution in [0.4, 0.5) is 0 Å². The van der Waals surface area contributed by atoms with Crippen LogP contribution in [0, 0.1) is 5.41 Å². The summed E-state index contributed by atoms with van der Waals surface area (Å²) in [4.78, 5) is 26.8. The summed E-state index contributed by atoms with van der Waals surface area (Å²) in [5.41, 5.74) is 0.937. The third kappa shape index (κ3) is 2.44. The Bertz CT molecular complexity index is 677. The Hall–Kier alpha value is -2.51. The number of carbonyl (C=O) groups is 2. The Morgan fingerprint density at radius 2 is 2.15 bits per heavy atom. The van der Waals surface area contributed by atoms with Crippen LogP contribution in [-0.2, 0) is 4.79 Å². The molecular weight excluding hydrogens is 262 g/mol. The monoisotopic (exact) mass is 275 g/mol. The maximum absolute atomic E-state index is 12.0. The molecule has 104 valence electrons. The number of pyridine rings is 1. The lowest BCUT2D eigenvalue weighted by molar-refractivity contribution is -0.138. The summed E-state index contributed by atoms with van der Waals surface area (Å²) >= 11 is 0. The average molecular weight is 275 g/mol. The van der Waals surface area contributed by atoms with Crippen molar-refractivity contribution in [2.45, 2.75) is 19.3 Å². The van der Waals surface area contributed by atoms with E-state index in [0.717, 1.165) is 12.8 Å². The zero-order valence-electron chi connectivity index (χ0n) is 10.6. The number of nitrogens with zero attached hydrogens (tertiary/aromatic N) is 3. The molecule has 1 aliphatic carbocycles. The molecule has 0 aliphatic heterocycles. The van der Waals surface area contributed by atoms with E-state index in [4.69, 9.17) is 5.11 Å². The highest BCUT2D eigenvalue weighted by molar-refractivity contribution is 5.94. The Balaban J connectivity index is 1.65. The van der Waals surface area contributed by atoms with E-state index < -0.39 is 5.97 Å². The quantitative estimate of drug-likeness (QED) is 0.723. The molecule has 20 heavy (non-hydrogen) atoms. The lowest BCUT2D eigenvalue weighted by Crippen LogP contribution is -2.31. The van der Waals surface area contributed by atoms with Gasteiger partial charge in [0.05, 0.1) is 6.42 Å². The van der Waals surface area contributed by atoms with Crippen molar-refractivity contribution < 1.29 is 14.7 Å². The molecule has 3 rings (SSSR count). The summed E-state index contributed by atoms with van der Waals surface area (Å²) in [6.45, 7) is 0.358. The summed E-state index contributed by atoms with van der Waals surface area (Å²) in [6, 6.07) is 3.22. The second kappa shape index (κ2) is 4.55. The molecule has 0 aromatic carbocycles. The predicted octanol–water partition coefficient (Wildman–Crippen LogP) is 0.338. The number of hydrogen-bond acceptors (Lipinski definition) is 5. The van der Waals surface area contributed by atoms with Crippen LogP contribution in [0.1, 0.15) is 29.8 Å². The minimum Gasteiger partial charge on any atom is -0.481 e. The van der Waals surface area contributed by atoms with Crippen LogP contribution in [-0.4, -0.2) is 43.9 Å². The first-order valence-electron chi connectivity index (χ1n) is 6.26. The van der Waals surface area contributed by atoms with Crippen LogP contribution in [0.2, 0.25) is 0 Å². The van der Waals surface area contributed by atoms with Gasteiger partial charge in [-0.3, -0.25) is 9.59 Å². The second-order valence-electron chi connectivity index (χ2n) is 5.12. The minimum atomic E-state index is -0.834. The van der Waals surface area contributed by atoms with E-state index in [1.807, 2.05) is 0 Å². The van der Waals surface area contributed by atoms with Gasteiger partial charge >= 0.3 is 5.97 Å². The van der Waals surface area contributed by atoms with E-state index in [2.05, 4.69) is 25.7 Å². The van der Waals surface area contributed by atoms with Crippen molar-refractivity contribution in [3.8, 4) is 0 Å². The average Bonchev–Trinajstić information content (AvgIpc) is 3.00. The number of fused-ring (bicyclic) bond motifs is 1. The molecule has 1 fully saturated rings. The van der Waals surface area contributed by atoms with Crippen LogP contribution in [0.3, 0.4) is 0 Å². The molecule has 0 unspecified atom stereocenters. The van der Waals surface area contributed by atoms with Gasteiger partial charge in [-0.25, -0.2) is 4.98 Å². The number of H-pyrrole nitrogens is 1. The number of carboxylic acids is 1. The maximum Gasteiger partial charge on any atom is 0.303 e. The highest BCUT2D eigenvalue weighted by atomic mass is 16.4. The van der Waals surface area contributed by atoms with E-state index in [1.54, 1.807) is 12.1 Å². The van der Waals surface area contributed by atoms with Gasteiger partial charge in [-0.2, -0.15) is 10.3 Å². The molecule has 2 aromatic rings. The van der Waals surface area contributed by atoms with E-state index in [1.165, 1.54) is 0 Å². The Kier molecular flexibility index (Phi) is 2.85.